The van der Waals surface area contributed by atoms with Crippen LogP contribution in [0.5, 0.6) is 0 Å². The summed E-state index contributed by atoms with van der Waals surface area (Å²) in [5.41, 5.74) is 27.7. The molecule has 11 aromatic carbocycles. The highest BCUT2D eigenvalue weighted by molar-refractivity contribution is 6.94. The van der Waals surface area contributed by atoms with Gasteiger partial charge in [-0.3, -0.25) is 0 Å². The van der Waals surface area contributed by atoms with E-state index in [9.17, 15) is 0 Å². The van der Waals surface area contributed by atoms with Crippen molar-refractivity contribution in [2.24, 2.45) is 0 Å². The zero-order chi connectivity index (χ0) is 49.5. The second-order valence-corrected chi connectivity index (χ2v) is 20.5. The molecule has 3 nitrogen and oxygen atoms in total. The molecule has 14 rings (SSSR count). The molecule has 1 aliphatic carbocycles. The molecule has 0 saturated carbocycles. The molecule has 4 heteroatoms. The Hall–Kier alpha value is -9.12. The minimum absolute atomic E-state index is 0.221. The second kappa shape index (κ2) is 17.3. The molecular formula is C70H52BN3. The molecule has 3 aliphatic rings. The van der Waals surface area contributed by atoms with Gasteiger partial charge in [0.05, 0.1) is 0 Å². The monoisotopic (exact) mass is 945 g/mol. The van der Waals surface area contributed by atoms with Gasteiger partial charge >= 0.3 is 6.85 Å². The quantitative estimate of drug-likeness (QED) is 0.141. The fourth-order valence-electron chi connectivity index (χ4n) is 12.4. The molecular weight excluding hydrogens is 894 g/mol. The molecule has 0 amide bonds. The van der Waals surface area contributed by atoms with Crippen LogP contribution in [-0.2, 0) is 5.41 Å². The lowest BCUT2D eigenvalue weighted by atomic mass is 9.42. The van der Waals surface area contributed by atoms with E-state index in [4.69, 9.17) is 0 Å². The summed E-state index contributed by atoms with van der Waals surface area (Å²) in [5.74, 6) is 0. The summed E-state index contributed by atoms with van der Waals surface area (Å²) in [6, 6.07) is 96.6. The first kappa shape index (κ1) is 43.7. The van der Waals surface area contributed by atoms with Crippen LogP contribution in [0.1, 0.15) is 30.5 Å². The minimum atomic E-state index is -0.265. The van der Waals surface area contributed by atoms with E-state index >= 15 is 0 Å². The van der Waals surface area contributed by atoms with Crippen LogP contribution in [0.25, 0.3) is 55.6 Å². The molecule has 74 heavy (non-hydrogen) atoms. The summed E-state index contributed by atoms with van der Waals surface area (Å²) in [6.45, 7) is 6.90. The number of fused-ring (bicyclic) bond motifs is 8. The minimum Gasteiger partial charge on any atom is -0.376 e. The number of hydrogen-bond acceptors (Lipinski definition) is 3. The van der Waals surface area contributed by atoms with Gasteiger partial charge in [0.15, 0.2) is 0 Å². The number of anilines is 8. The Balaban J connectivity index is 1.12. The molecule has 0 spiro atoms. The van der Waals surface area contributed by atoms with Crippen LogP contribution >= 0.6 is 0 Å². The van der Waals surface area contributed by atoms with E-state index < -0.39 is 0 Å². The van der Waals surface area contributed by atoms with Gasteiger partial charge in [0.25, 0.3) is 0 Å². The van der Waals surface area contributed by atoms with E-state index in [0.717, 1.165) is 28.4 Å². The lowest BCUT2D eigenvalue weighted by molar-refractivity contribution is 0.660. The Morgan fingerprint density at radius 3 is 1.53 bits per heavy atom. The largest absolute Gasteiger partial charge is 0.376 e. The Kier molecular flexibility index (Phi) is 10.2. The maximum absolute atomic E-state index is 2.67. The first-order valence-corrected chi connectivity index (χ1v) is 25.9. The summed E-state index contributed by atoms with van der Waals surface area (Å²) in [4.78, 5) is 7.69. The van der Waals surface area contributed by atoms with Crippen LogP contribution in [0, 0.1) is 6.92 Å². The molecule has 2 aliphatic heterocycles. The van der Waals surface area contributed by atoms with Crippen molar-refractivity contribution in [3.63, 3.8) is 0 Å². The van der Waals surface area contributed by atoms with Crippen molar-refractivity contribution >= 4 is 63.3 Å². The van der Waals surface area contributed by atoms with Crippen molar-refractivity contribution in [1.29, 1.82) is 0 Å². The summed E-state index contributed by atoms with van der Waals surface area (Å²) in [5, 5.41) is 0. The van der Waals surface area contributed by atoms with E-state index in [1.807, 2.05) is 0 Å². The zero-order valence-corrected chi connectivity index (χ0v) is 41.7. The number of rotatable bonds is 8. The van der Waals surface area contributed by atoms with Crippen molar-refractivity contribution in [2.75, 3.05) is 14.6 Å². The van der Waals surface area contributed by atoms with E-state index in [0.29, 0.717) is 0 Å². The molecule has 0 aromatic heterocycles. The van der Waals surface area contributed by atoms with Crippen molar-refractivity contribution < 1.29 is 0 Å². The summed E-state index contributed by atoms with van der Waals surface area (Å²) in [7, 11) is 0. The van der Waals surface area contributed by atoms with E-state index in [-0.39, 0.29) is 12.3 Å². The van der Waals surface area contributed by atoms with Crippen molar-refractivity contribution in [2.45, 2.75) is 26.2 Å². The average molecular weight is 946 g/mol. The molecule has 0 bridgehead atoms. The summed E-state index contributed by atoms with van der Waals surface area (Å²) >= 11 is 0. The van der Waals surface area contributed by atoms with Gasteiger partial charge in [-0.05, 0) is 151 Å². The Bertz CT molecular complexity index is 3890. The van der Waals surface area contributed by atoms with Gasteiger partial charge in [-0.1, -0.05) is 208 Å². The third-order valence-corrected chi connectivity index (χ3v) is 15.9. The zero-order valence-electron chi connectivity index (χ0n) is 41.7. The maximum Gasteiger partial charge on any atom is 0.333 e. The Labute approximate surface area is 435 Å². The molecule has 350 valence electrons. The predicted molar refractivity (Wildman–Crippen MR) is 313 cm³/mol. The van der Waals surface area contributed by atoms with Crippen LogP contribution in [0.2, 0.25) is 0 Å². The number of benzene rings is 11. The number of aryl methyl sites for hydroxylation is 1. The fourth-order valence-corrected chi connectivity index (χ4v) is 12.4. The van der Waals surface area contributed by atoms with Crippen molar-refractivity contribution in [3.8, 4) is 55.6 Å². The molecule has 0 fully saturated rings. The first-order chi connectivity index (χ1) is 36.4. The van der Waals surface area contributed by atoms with Gasteiger partial charge in [0, 0.05) is 56.5 Å². The van der Waals surface area contributed by atoms with Gasteiger partial charge in [-0.25, -0.2) is 0 Å². The Morgan fingerprint density at radius 2 is 0.892 bits per heavy atom. The lowest BCUT2D eigenvalue weighted by Crippen LogP contribution is -2.61. The second-order valence-electron chi connectivity index (χ2n) is 20.5. The Morgan fingerprint density at radius 1 is 0.365 bits per heavy atom. The van der Waals surface area contributed by atoms with E-state index in [1.165, 1.54) is 100 Å². The number of hydrogen-bond donors (Lipinski definition) is 0. The van der Waals surface area contributed by atoms with Gasteiger partial charge < -0.3 is 14.6 Å². The topological polar surface area (TPSA) is 9.72 Å². The standard InChI is InChI=1S/C70H52BN3/c1-47-33-34-53(50-25-13-6-14-26-50)44-64(47)73-63-42-37-52(49-23-11-5-12-24-49)43-62(63)71-69-66(73)46-61-67(58-31-19-20-32-60(58)70(61,2)3)68(69)59-41-40-57(72(54-27-15-7-16-28-54)55-29-17-8-18-30-55)45-65(59)74(71)56-38-35-51(36-39-56)48-21-9-4-10-22-48/h4-46H,1-3H3. The molecule has 11 aromatic rings. The molecule has 0 N–H and O–H groups in total. The number of para-hydroxylation sites is 2. The van der Waals surface area contributed by atoms with Gasteiger partial charge in [0.1, 0.15) is 0 Å². The molecule has 0 unspecified atom stereocenters. The van der Waals surface area contributed by atoms with Crippen molar-refractivity contribution in [3.05, 3.63) is 278 Å². The molecule has 0 radical (unpaired) electrons. The smallest absolute Gasteiger partial charge is 0.333 e. The van der Waals surface area contributed by atoms with Gasteiger partial charge in [-0.2, -0.15) is 0 Å². The highest BCUT2D eigenvalue weighted by Crippen LogP contribution is 2.58. The van der Waals surface area contributed by atoms with Crippen LogP contribution < -0.4 is 25.5 Å². The van der Waals surface area contributed by atoms with Crippen LogP contribution in [0.4, 0.5) is 45.5 Å². The number of nitrogens with zero attached hydrogens (tertiary/aromatic N) is 3. The molecule has 0 saturated heterocycles. The van der Waals surface area contributed by atoms with Crippen LogP contribution in [-0.4, -0.2) is 6.85 Å². The van der Waals surface area contributed by atoms with Crippen molar-refractivity contribution in [1.82, 2.24) is 0 Å². The third-order valence-electron chi connectivity index (χ3n) is 15.9. The molecule has 2 heterocycles. The predicted octanol–water partition coefficient (Wildman–Crippen LogP) is 17.5. The first-order valence-electron chi connectivity index (χ1n) is 25.9. The SMILES string of the molecule is Cc1ccc(-c2ccccc2)cc1N1c2ccc(-c3ccccc3)cc2B2c3c1cc1c(c3-c3ccc(N(c4ccccc4)c4ccccc4)cc3N2c2ccc(-c3ccccc3)cc2)-c2ccccc2C1(C)C. The van der Waals surface area contributed by atoms with Crippen LogP contribution in [0.15, 0.2) is 261 Å². The highest BCUT2D eigenvalue weighted by Gasteiger charge is 2.49. The van der Waals surface area contributed by atoms with E-state index in [1.54, 1.807) is 0 Å². The fraction of sp³-hybridized carbons (Fsp3) is 0.0571. The van der Waals surface area contributed by atoms with Gasteiger partial charge in [-0.15, -0.1) is 0 Å². The maximum atomic E-state index is 2.67. The third kappa shape index (κ3) is 6.90. The van der Waals surface area contributed by atoms with E-state index in [2.05, 4.69) is 296 Å². The molecule has 0 atom stereocenters. The normalized spacial score (nSPS) is 13.4. The average Bonchev–Trinajstić information content (AvgIpc) is 3.82. The highest BCUT2D eigenvalue weighted by atomic mass is 15.2. The van der Waals surface area contributed by atoms with Crippen LogP contribution in [0.3, 0.4) is 0 Å². The summed E-state index contributed by atoms with van der Waals surface area (Å²) < 4.78 is 0. The lowest BCUT2D eigenvalue weighted by Gasteiger charge is -2.47. The summed E-state index contributed by atoms with van der Waals surface area (Å²) in [6.07, 6.45) is 0. The van der Waals surface area contributed by atoms with Gasteiger partial charge in [0.2, 0.25) is 0 Å².